The molecule has 0 aliphatic carbocycles. The van der Waals surface area contributed by atoms with E-state index in [1.54, 1.807) is 24.0 Å². The molecule has 0 heterocycles. The maximum absolute atomic E-state index is 13.1. The fourth-order valence-corrected chi connectivity index (χ4v) is 2.99. The summed E-state index contributed by atoms with van der Waals surface area (Å²) in [5.74, 6) is -1.08. The third-order valence-electron chi connectivity index (χ3n) is 4.77. The third kappa shape index (κ3) is 8.52. The van der Waals surface area contributed by atoms with Crippen molar-refractivity contribution in [3.63, 3.8) is 0 Å². The van der Waals surface area contributed by atoms with Crippen LogP contribution in [0.3, 0.4) is 0 Å². The van der Waals surface area contributed by atoms with Crippen molar-refractivity contribution in [1.82, 2.24) is 9.80 Å². The molecule has 0 radical (unpaired) electrons. The zero-order valence-corrected chi connectivity index (χ0v) is 17.0. The van der Waals surface area contributed by atoms with Gasteiger partial charge in [-0.1, -0.05) is 32.9 Å². The number of carbonyl (C=O) groups excluding carboxylic acids is 2. The topological polar surface area (TPSA) is 49.9 Å². The largest absolute Gasteiger partial charge is 0.469 e. The maximum Gasteiger partial charge on any atom is 0.310 e. The molecule has 0 saturated heterocycles. The number of methoxy groups -OCH3 is 1. The molecule has 0 aromatic heterocycles. The molecule has 1 atom stereocenters. The maximum atomic E-state index is 13.1. The van der Waals surface area contributed by atoms with Crippen molar-refractivity contribution in [1.29, 1.82) is 0 Å². The summed E-state index contributed by atoms with van der Waals surface area (Å²) in [6.07, 6.45) is 2.07. The Balaban J connectivity index is 2.66. The number of benzene rings is 1. The summed E-state index contributed by atoms with van der Waals surface area (Å²) >= 11 is 0. The van der Waals surface area contributed by atoms with Crippen LogP contribution in [0.15, 0.2) is 24.3 Å². The van der Waals surface area contributed by atoms with Crippen LogP contribution in [-0.4, -0.2) is 61.5 Å². The van der Waals surface area contributed by atoms with Crippen molar-refractivity contribution >= 4 is 11.9 Å². The van der Waals surface area contributed by atoms with E-state index in [1.165, 1.54) is 19.2 Å². The van der Waals surface area contributed by atoms with Gasteiger partial charge in [-0.15, -0.1) is 0 Å². The Morgan fingerprint density at radius 3 is 2.22 bits per heavy atom. The summed E-state index contributed by atoms with van der Waals surface area (Å²) in [5, 5.41) is 0. The van der Waals surface area contributed by atoms with Crippen molar-refractivity contribution in [2.75, 3.05) is 39.8 Å². The van der Waals surface area contributed by atoms with Gasteiger partial charge in [-0.2, -0.15) is 0 Å². The second-order valence-electron chi connectivity index (χ2n) is 6.80. The van der Waals surface area contributed by atoms with E-state index in [-0.39, 0.29) is 30.0 Å². The molecule has 1 aromatic rings. The summed E-state index contributed by atoms with van der Waals surface area (Å²) in [7, 11) is 1.35. The van der Waals surface area contributed by atoms with Crippen molar-refractivity contribution in [3.05, 3.63) is 35.6 Å². The van der Waals surface area contributed by atoms with Gasteiger partial charge >= 0.3 is 5.97 Å². The molecule has 1 aromatic carbocycles. The molecule has 0 aliphatic heterocycles. The minimum atomic E-state index is -0.380. The molecule has 27 heavy (non-hydrogen) atoms. The number of halogens is 1. The highest BCUT2D eigenvalue weighted by Gasteiger charge is 2.21. The Morgan fingerprint density at radius 2 is 1.67 bits per heavy atom. The third-order valence-corrected chi connectivity index (χ3v) is 4.77. The highest BCUT2D eigenvalue weighted by molar-refractivity contribution is 5.80. The van der Waals surface area contributed by atoms with Gasteiger partial charge in [-0.25, -0.2) is 4.39 Å². The quantitative estimate of drug-likeness (QED) is 0.413. The number of carbonyl (C=O) groups is 2. The molecule has 0 fully saturated rings. The number of amides is 1. The smallest absolute Gasteiger partial charge is 0.310 e. The van der Waals surface area contributed by atoms with Crippen LogP contribution in [0.25, 0.3) is 0 Å². The Kier molecular flexibility index (Phi) is 10.6. The molecule has 1 amide bonds. The number of rotatable bonds is 12. The van der Waals surface area contributed by atoms with Gasteiger partial charge < -0.3 is 14.5 Å². The van der Waals surface area contributed by atoms with E-state index < -0.39 is 0 Å². The lowest BCUT2D eigenvalue weighted by Gasteiger charge is -2.26. The van der Waals surface area contributed by atoms with Gasteiger partial charge in [0.25, 0.3) is 0 Å². The second-order valence-corrected chi connectivity index (χ2v) is 6.80. The molecule has 5 nitrogen and oxygen atoms in total. The Labute approximate surface area is 162 Å². The number of unbranched alkanes of at least 4 members (excludes halogenated alkanes) is 1. The second kappa shape index (κ2) is 12.4. The van der Waals surface area contributed by atoms with Crippen molar-refractivity contribution in [2.24, 2.45) is 5.92 Å². The van der Waals surface area contributed by atoms with E-state index in [9.17, 15) is 14.0 Å². The highest BCUT2D eigenvalue weighted by Crippen LogP contribution is 2.10. The van der Waals surface area contributed by atoms with Crippen molar-refractivity contribution in [3.8, 4) is 0 Å². The first kappa shape index (κ1) is 23.1. The molecule has 0 bridgehead atoms. The lowest BCUT2D eigenvalue weighted by atomic mass is 10.1. The van der Waals surface area contributed by atoms with Crippen LogP contribution < -0.4 is 0 Å². The first-order valence-corrected chi connectivity index (χ1v) is 9.73. The van der Waals surface area contributed by atoms with Crippen LogP contribution in [-0.2, 0) is 20.7 Å². The monoisotopic (exact) mass is 380 g/mol. The summed E-state index contributed by atoms with van der Waals surface area (Å²) in [6.45, 7) is 10.0. The van der Waals surface area contributed by atoms with E-state index in [2.05, 4.69) is 18.7 Å². The zero-order chi connectivity index (χ0) is 20.2. The number of hydrogen-bond donors (Lipinski definition) is 0. The lowest BCUT2D eigenvalue weighted by Crippen LogP contribution is -2.39. The Bertz CT molecular complexity index is 573. The number of hydrogen-bond acceptors (Lipinski definition) is 4. The molecule has 0 spiro atoms. The Hall–Kier alpha value is -1.95. The molecule has 0 N–H and O–H groups in total. The minimum Gasteiger partial charge on any atom is -0.469 e. The predicted octanol–water partition coefficient (Wildman–Crippen LogP) is 3.13. The standard InChI is InChI=1S/C21H33FN2O3/c1-5-23(6-2)13-7-8-14-24(16-17(3)21(26)27-4)20(25)15-18-9-11-19(22)12-10-18/h9-12,17H,5-8,13-16H2,1-4H3. The van der Waals surface area contributed by atoms with Crippen LogP contribution >= 0.6 is 0 Å². The Morgan fingerprint density at radius 1 is 1.07 bits per heavy atom. The van der Waals surface area contributed by atoms with Gasteiger partial charge in [0, 0.05) is 13.1 Å². The summed E-state index contributed by atoms with van der Waals surface area (Å²) < 4.78 is 17.8. The van der Waals surface area contributed by atoms with E-state index in [0.29, 0.717) is 13.1 Å². The zero-order valence-electron chi connectivity index (χ0n) is 17.0. The first-order chi connectivity index (χ1) is 12.9. The minimum absolute atomic E-state index is 0.0554. The van der Waals surface area contributed by atoms with Gasteiger partial charge in [0.05, 0.1) is 19.4 Å². The van der Waals surface area contributed by atoms with Gasteiger partial charge in [0.2, 0.25) is 5.91 Å². The van der Waals surface area contributed by atoms with E-state index in [0.717, 1.165) is 38.0 Å². The van der Waals surface area contributed by atoms with E-state index >= 15 is 0 Å². The molecular weight excluding hydrogens is 347 g/mol. The van der Waals surface area contributed by atoms with Crippen molar-refractivity contribution in [2.45, 2.75) is 40.0 Å². The molecule has 0 saturated carbocycles. The van der Waals surface area contributed by atoms with Crippen LogP contribution in [0.4, 0.5) is 4.39 Å². The molecule has 0 aliphatic rings. The first-order valence-electron chi connectivity index (χ1n) is 9.73. The van der Waals surface area contributed by atoms with Gasteiger partial charge in [0.15, 0.2) is 0 Å². The summed E-state index contributed by atoms with van der Waals surface area (Å²) in [6, 6.07) is 5.95. The van der Waals surface area contributed by atoms with Crippen LogP contribution in [0.5, 0.6) is 0 Å². The van der Waals surface area contributed by atoms with Gasteiger partial charge in [-0.05, 0) is 50.2 Å². The lowest BCUT2D eigenvalue weighted by molar-refractivity contribution is -0.146. The number of esters is 1. The fraction of sp³-hybridized carbons (Fsp3) is 0.619. The molecule has 1 rings (SSSR count). The van der Waals surface area contributed by atoms with Gasteiger partial charge in [0.1, 0.15) is 5.82 Å². The average molecular weight is 381 g/mol. The molecule has 152 valence electrons. The molecule has 1 unspecified atom stereocenters. The number of nitrogens with zero attached hydrogens (tertiary/aromatic N) is 2. The van der Waals surface area contributed by atoms with Gasteiger partial charge in [-0.3, -0.25) is 9.59 Å². The number of ether oxygens (including phenoxy) is 1. The van der Waals surface area contributed by atoms with E-state index in [4.69, 9.17) is 4.74 Å². The normalized spacial score (nSPS) is 12.1. The average Bonchev–Trinajstić information content (AvgIpc) is 2.67. The fourth-order valence-electron chi connectivity index (χ4n) is 2.99. The van der Waals surface area contributed by atoms with E-state index in [1.807, 2.05) is 0 Å². The summed E-state index contributed by atoms with van der Waals surface area (Å²) in [4.78, 5) is 28.6. The highest BCUT2D eigenvalue weighted by atomic mass is 19.1. The SMILES string of the molecule is CCN(CC)CCCCN(CC(C)C(=O)OC)C(=O)Cc1ccc(F)cc1. The molecular formula is C21H33FN2O3. The van der Waals surface area contributed by atoms with Crippen LogP contribution in [0, 0.1) is 11.7 Å². The van der Waals surface area contributed by atoms with Crippen LogP contribution in [0.2, 0.25) is 0 Å². The van der Waals surface area contributed by atoms with Crippen LogP contribution in [0.1, 0.15) is 39.2 Å². The predicted molar refractivity (Wildman–Crippen MR) is 105 cm³/mol. The van der Waals surface area contributed by atoms with Crippen molar-refractivity contribution < 1.29 is 18.7 Å². The summed E-state index contributed by atoms with van der Waals surface area (Å²) in [5.41, 5.74) is 0.764. The molecule has 6 heteroatoms.